The molecule has 3 aromatic carbocycles. The van der Waals surface area contributed by atoms with Crippen molar-refractivity contribution < 1.29 is 14.6 Å². The van der Waals surface area contributed by atoms with Gasteiger partial charge >= 0.3 is 0 Å². The van der Waals surface area contributed by atoms with Crippen LogP contribution in [0.5, 0.6) is 11.5 Å². The van der Waals surface area contributed by atoms with Crippen LogP contribution in [-0.4, -0.2) is 27.7 Å². The number of aromatic hydroxyl groups is 1. The second kappa shape index (κ2) is 7.77. The van der Waals surface area contributed by atoms with E-state index < -0.39 is 6.04 Å². The number of ether oxygens (including phenoxy) is 1. The summed E-state index contributed by atoms with van der Waals surface area (Å²) in [6.45, 7) is 1.86. The van der Waals surface area contributed by atoms with Crippen LogP contribution in [0.1, 0.15) is 18.5 Å². The molecule has 0 unspecified atom stereocenters. The van der Waals surface area contributed by atoms with Gasteiger partial charge in [0.15, 0.2) is 0 Å². The molecule has 160 valence electrons. The highest BCUT2D eigenvalue weighted by molar-refractivity contribution is 6.06. The fraction of sp³-hybridized carbons (Fsp3) is 0.120. The second-order valence-corrected chi connectivity index (χ2v) is 7.64. The van der Waals surface area contributed by atoms with E-state index >= 15 is 0 Å². The number of hydrogen-bond donors (Lipinski definition) is 3. The highest BCUT2D eigenvalue weighted by Crippen LogP contribution is 2.40. The van der Waals surface area contributed by atoms with Crippen molar-refractivity contribution in [3.05, 3.63) is 89.6 Å². The lowest BCUT2D eigenvalue weighted by Gasteiger charge is -2.30. The monoisotopic (exact) mass is 426 g/mol. The van der Waals surface area contributed by atoms with Gasteiger partial charge in [0.25, 0.3) is 5.91 Å². The number of fused-ring (bicyclic) bond motifs is 3. The molecule has 7 nitrogen and oxygen atoms in total. The van der Waals surface area contributed by atoms with Crippen LogP contribution in [0, 0.1) is 0 Å². The number of methoxy groups -OCH3 is 1. The van der Waals surface area contributed by atoms with E-state index in [9.17, 15) is 9.90 Å². The zero-order valence-electron chi connectivity index (χ0n) is 17.7. The third-order valence-corrected chi connectivity index (χ3v) is 5.61. The van der Waals surface area contributed by atoms with Crippen LogP contribution < -0.4 is 15.4 Å². The van der Waals surface area contributed by atoms with Gasteiger partial charge in [0.05, 0.1) is 29.8 Å². The third kappa shape index (κ3) is 3.33. The molecule has 7 heteroatoms. The average Bonchev–Trinajstić information content (AvgIpc) is 3.16. The summed E-state index contributed by atoms with van der Waals surface area (Å²) in [6.07, 6.45) is 0. The average molecular weight is 426 g/mol. The van der Waals surface area contributed by atoms with Crippen molar-refractivity contribution in [1.82, 2.24) is 9.55 Å². The first-order chi connectivity index (χ1) is 15.5. The van der Waals surface area contributed by atoms with Gasteiger partial charge in [-0.25, -0.2) is 4.98 Å². The van der Waals surface area contributed by atoms with Crippen molar-refractivity contribution in [2.24, 2.45) is 0 Å². The van der Waals surface area contributed by atoms with E-state index in [4.69, 9.17) is 9.72 Å². The van der Waals surface area contributed by atoms with Crippen LogP contribution in [0.4, 0.5) is 11.6 Å². The summed E-state index contributed by atoms with van der Waals surface area (Å²) < 4.78 is 7.20. The van der Waals surface area contributed by atoms with Gasteiger partial charge in [-0.2, -0.15) is 0 Å². The molecule has 32 heavy (non-hydrogen) atoms. The molecule has 1 amide bonds. The van der Waals surface area contributed by atoms with E-state index in [1.54, 1.807) is 49.6 Å². The lowest BCUT2D eigenvalue weighted by atomic mass is 9.94. The van der Waals surface area contributed by atoms with E-state index in [-0.39, 0.29) is 11.7 Å². The Morgan fingerprint density at radius 1 is 1.09 bits per heavy atom. The van der Waals surface area contributed by atoms with Crippen molar-refractivity contribution >= 4 is 28.6 Å². The number of nitrogens with one attached hydrogen (secondary N) is 2. The zero-order chi connectivity index (χ0) is 22.2. The Labute approximate surface area is 185 Å². The number of phenolic OH excluding ortho intramolecular Hbond substituents is 1. The molecule has 5 rings (SSSR count). The Bertz CT molecular complexity index is 1360. The number of anilines is 2. The molecule has 0 bridgehead atoms. The molecule has 0 spiro atoms. The maximum Gasteiger partial charge on any atom is 0.255 e. The van der Waals surface area contributed by atoms with Gasteiger partial charge in [0.2, 0.25) is 5.95 Å². The van der Waals surface area contributed by atoms with Gasteiger partial charge < -0.3 is 20.5 Å². The fourth-order valence-corrected chi connectivity index (χ4v) is 4.14. The standard InChI is InChI=1S/C25H22N4O3/c1-15-22(24(31)27-17-10-12-19(32-2)13-11-17)23(16-6-5-7-18(30)14-16)29-21-9-4-3-8-20(21)28-25(29)26-15/h3-14,23,30H,1-2H3,(H,26,28)(H,27,31)/t23-/m0/s1. The van der Waals surface area contributed by atoms with Gasteiger partial charge in [0.1, 0.15) is 11.5 Å². The molecule has 0 fully saturated rings. The Balaban J connectivity index is 1.63. The molecule has 1 aliphatic heterocycles. The van der Waals surface area contributed by atoms with Gasteiger partial charge in [-0.15, -0.1) is 0 Å². The molecule has 1 aromatic heterocycles. The topological polar surface area (TPSA) is 88.4 Å². The predicted octanol–water partition coefficient (Wildman–Crippen LogP) is 4.68. The number of rotatable bonds is 4. The predicted molar refractivity (Wildman–Crippen MR) is 124 cm³/mol. The number of hydrogen-bond acceptors (Lipinski definition) is 5. The summed E-state index contributed by atoms with van der Waals surface area (Å²) in [4.78, 5) is 18.2. The minimum absolute atomic E-state index is 0.138. The van der Waals surface area contributed by atoms with E-state index in [1.165, 1.54) is 0 Å². The van der Waals surface area contributed by atoms with E-state index in [0.717, 1.165) is 16.6 Å². The van der Waals surface area contributed by atoms with Crippen LogP contribution in [0.15, 0.2) is 84.1 Å². The Hall–Kier alpha value is -4.26. The van der Waals surface area contributed by atoms with Gasteiger partial charge in [-0.1, -0.05) is 24.3 Å². The number of aromatic nitrogens is 2. The molecule has 0 saturated heterocycles. The highest BCUT2D eigenvalue weighted by atomic mass is 16.5. The Morgan fingerprint density at radius 2 is 1.88 bits per heavy atom. The summed E-state index contributed by atoms with van der Waals surface area (Å²) in [7, 11) is 1.60. The Morgan fingerprint density at radius 3 is 2.62 bits per heavy atom. The minimum atomic E-state index is -0.469. The molecule has 0 radical (unpaired) electrons. The molecule has 1 aliphatic rings. The molecule has 0 aliphatic carbocycles. The fourth-order valence-electron chi connectivity index (χ4n) is 4.14. The Kier molecular flexibility index (Phi) is 4.78. The number of nitrogens with zero attached hydrogens (tertiary/aromatic N) is 2. The first kappa shape index (κ1) is 19.7. The van der Waals surface area contributed by atoms with Crippen molar-refractivity contribution in [1.29, 1.82) is 0 Å². The largest absolute Gasteiger partial charge is 0.508 e. The SMILES string of the molecule is COc1ccc(NC(=O)C2=C(C)Nc3nc4ccccc4n3[C@H]2c2cccc(O)c2)cc1. The molecule has 4 aromatic rings. The summed E-state index contributed by atoms with van der Waals surface area (Å²) in [5, 5.41) is 16.4. The number of imidazole rings is 1. The first-order valence-corrected chi connectivity index (χ1v) is 10.2. The summed E-state index contributed by atoms with van der Waals surface area (Å²) in [5.41, 5.74) is 4.41. The number of para-hydroxylation sites is 2. The number of benzene rings is 3. The maximum absolute atomic E-state index is 13.5. The van der Waals surface area contributed by atoms with Gasteiger partial charge in [-0.3, -0.25) is 9.36 Å². The molecular formula is C25H22N4O3. The van der Waals surface area contributed by atoms with Crippen molar-refractivity contribution in [3.8, 4) is 11.5 Å². The van der Waals surface area contributed by atoms with Crippen LogP contribution in [0.25, 0.3) is 11.0 Å². The summed E-state index contributed by atoms with van der Waals surface area (Å²) in [5.74, 6) is 1.26. The van der Waals surface area contributed by atoms with Crippen molar-refractivity contribution in [2.75, 3.05) is 17.7 Å². The normalized spacial score (nSPS) is 15.2. The van der Waals surface area contributed by atoms with E-state index in [2.05, 4.69) is 10.6 Å². The quantitative estimate of drug-likeness (QED) is 0.441. The van der Waals surface area contributed by atoms with Crippen molar-refractivity contribution in [3.63, 3.8) is 0 Å². The van der Waals surface area contributed by atoms with Crippen LogP contribution >= 0.6 is 0 Å². The molecule has 0 saturated carbocycles. The van der Waals surface area contributed by atoms with E-state index in [1.807, 2.05) is 41.8 Å². The summed E-state index contributed by atoms with van der Waals surface area (Å²) in [6, 6.07) is 21.5. The van der Waals surface area contributed by atoms with Gasteiger partial charge in [-0.05, 0) is 61.0 Å². The van der Waals surface area contributed by atoms with Crippen LogP contribution in [0.3, 0.4) is 0 Å². The molecule has 2 heterocycles. The summed E-state index contributed by atoms with van der Waals surface area (Å²) >= 11 is 0. The maximum atomic E-state index is 13.5. The van der Waals surface area contributed by atoms with Crippen molar-refractivity contribution in [2.45, 2.75) is 13.0 Å². The lowest BCUT2D eigenvalue weighted by Crippen LogP contribution is -2.30. The number of phenols is 1. The first-order valence-electron chi connectivity index (χ1n) is 10.2. The smallest absolute Gasteiger partial charge is 0.255 e. The third-order valence-electron chi connectivity index (χ3n) is 5.61. The highest BCUT2D eigenvalue weighted by Gasteiger charge is 2.34. The number of amides is 1. The van der Waals surface area contributed by atoms with Crippen LogP contribution in [-0.2, 0) is 4.79 Å². The number of allylic oxidation sites excluding steroid dienone is 1. The second-order valence-electron chi connectivity index (χ2n) is 7.64. The number of carbonyl (C=O) groups excluding carboxylic acids is 1. The lowest BCUT2D eigenvalue weighted by molar-refractivity contribution is -0.113. The van der Waals surface area contributed by atoms with Gasteiger partial charge in [0, 0.05) is 11.4 Å². The molecular weight excluding hydrogens is 404 g/mol. The molecule has 1 atom stereocenters. The minimum Gasteiger partial charge on any atom is -0.508 e. The molecule has 3 N–H and O–H groups in total. The number of carbonyl (C=O) groups is 1. The van der Waals surface area contributed by atoms with E-state index in [0.29, 0.717) is 28.7 Å². The van der Waals surface area contributed by atoms with Crippen LogP contribution in [0.2, 0.25) is 0 Å². The zero-order valence-corrected chi connectivity index (χ0v) is 17.7.